The van der Waals surface area contributed by atoms with E-state index in [9.17, 15) is 8.42 Å². The molecule has 2 aromatic rings. The number of nitrogens with one attached hydrogen (secondary N) is 1. The number of H-pyrrole nitrogens is 1. The second-order valence-corrected chi connectivity index (χ2v) is 9.31. The Kier molecular flexibility index (Phi) is 4.17. The van der Waals surface area contributed by atoms with E-state index >= 15 is 0 Å². The average Bonchev–Trinajstić information content (AvgIpc) is 2.99. The number of hydrogen-bond acceptors (Lipinski definition) is 2. The number of aryl methyl sites for hydroxylation is 2. The van der Waals surface area contributed by atoms with Crippen LogP contribution in [0.25, 0.3) is 10.9 Å². The number of fused-ring (bicyclic) bond motifs is 3. The van der Waals surface area contributed by atoms with Crippen molar-refractivity contribution in [1.82, 2.24) is 9.29 Å². The summed E-state index contributed by atoms with van der Waals surface area (Å²) in [5, 5.41) is 1.10. The van der Waals surface area contributed by atoms with Gasteiger partial charge in [0.25, 0.3) is 0 Å². The first-order valence-corrected chi connectivity index (χ1v) is 10.6. The van der Waals surface area contributed by atoms with Crippen LogP contribution < -0.4 is 0 Å². The standard InChI is InChI=1S/C19H26N2O2S/c1-21(14-7-3-2-4-8-14)24(22,23)15-11-12-19-17(13-15)16-9-5-6-10-18(16)20-19/h11-14,20H,2-10H2,1H3. The van der Waals surface area contributed by atoms with Crippen molar-refractivity contribution in [3.63, 3.8) is 0 Å². The number of sulfonamides is 1. The molecule has 2 aliphatic carbocycles. The van der Waals surface area contributed by atoms with Gasteiger partial charge in [-0.05, 0) is 62.3 Å². The molecule has 24 heavy (non-hydrogen) atoms. The summed E-state index contributed by atoms with van der Waals surface area (Å²) in [6.45, 7) is 0. The van der Waals surface area contributed by atoms with Crippen LogP contribution in [0.5, 0.6) is 0 Å². The van der Waals surface area contributed by atoms with E-state index in [1.54, 1.807) is 17.4 Å². The molecule has 0 atom stereocenters. The van der Waals surface area contributed by atoms with E-state index in [0.717, 1.165) is 49.4 Å². The molecule has 1 aromatic heterocycles. The summed E-state index contributed by atoms with van der Waals surface area (Å²) in [6, 6.07) is 5.75. The van der Waals surface area contributed by atoms with Crippen LogP contribution in [-0.4, -0.2) is 30.8 Å². The molecule has 0 amide bonds. The maximum absolute atomic E-state index is 13.1. The summed E-state index contributed by atoms with van der Waals surface area (Å²) < 4.78 is 27.8. The highest BCUT2D eigenvalue weighted by molar-refractivity contribution is 7.89. The lowest BCUT2D eigenvalue weighted by Gasteiger charge is -2.30. The molecular weight excluding hydrogens is 320 g/mol. The zero-order valence-corrected chi connectivity index (χ0v) is 15.2. The van der Waals surface area contributed by atoms with Gasteiger partial charge in [0.05, 0.1) is 4.90 Å². The van der Waals surface area contributed by atoms with Gasteiger partial charge in [-0.1, -0.05) is 19.3 Å². The van der Waals surface area contributed by atoms with E-state index in [2.05, 4.69) is 4.98 Å². The summed E-state index contributed by atoms with van der Waals surface area (Å²) in [5.41, 5.74) is 3.70. The first kappa shape index (κ1) is 16.2. The molecule has 1 N–H and O–H groups in total. The Morgan fingerprint density at radius 2 is 1.79 bits per heavy atom. The largest absolute Gasteiger partial charge is 0.358 e. The van der Waals surface area contributed by atoms with Gasteiger partial charge in [0.1, 0.15) is 0 Å². The van der Waals surface area contributed by atoms with Crippen molar-refractivity contribution in [1.29, 1.82) is 0 Å². The fourth-order valence-electron chi connectivity index (χ4n) is 4.35. The molecule has 0 saturated heterocycles. The lowest BCUT2D eigenvalue weighted by Crippen LogP contribution is -2.38. The van der Waals surface area contributed by atoms with E-state index in [1.165, 1.54) is 30.5 Å². The SMILES string of the molecule is CN(C1CCCCC1)S(=O)(=O)c1ccc2[nH]c3c(c2c1)CCCC3. The molecule has 0 radical (unpaired) electrons. The first-order valence-electron chi connectivity index (χ1n) is 9.19. The normalized spacial score (nSPS) is 19.8. The van der Waals surface area contributed by atoms with Gasteiger partial charge in [-0.3, -0.25) is 0 Å². The van der Waals surface area contributed by atoms with Gasteiger partial charge in [0.15, 0.2) is 0 Å². The third-order valence-electron chi connectivity index (χ3n) is 5.84. The zero-order chi connectivity index (χ0) is 16.7. The van der Waals surface area contributed by atoms with Crippen LogP contribution in [0.2, 0.25) is 0 Å². The number of nitrogens with zero attached hydrogens (tertiary/aromatic N) is 1. The maximum atomic E-state index is 13.1. The van der Waals surface area contributed by atoms with E-state index in [0.29, 0.717) is 4.90 Å². The Hall–Kier alpha value is -1.33. The van der Waals surface area contributed by atoms with Crippen molar-refractivity contribution in [2.75, 3.05) is 7.05 Å². The molecule has 130 valence electrons. The van der Waals surface area contributed by atoms with Gasteiger partial charge in [-0.2, -0.15) is 4.31 Å². The molecule has 1 heterocycles. The van der Waals surface area contributed by atoms with E-state index in [1.807, 2.05) is 12.1 Å². The minimum atomic E-state index is -3.42. The molecule has 4 nitrogen and oxygen atoms in total. The average molecular weight is 346 g/mol. The van der Waals surface area contributed by atoms with Crippen LogP contribution in [0.4, 0.5) is 0 Å². The Morgan fingerprint density at radius 3 is 2.58 bits per heavy atom. The maximum Gasteiger partial charge on any atom is 0.243 e. The predicted octanol–water partition coefficient (Wildman–Crippen LogP) is 4.00. The minimum absolute atomic E-state index is 0.152. The second kappa shape index (κ2) is 6.19. The highest BCUT2D eigenvalue weighted by atomic mass is 32.2. The summed E-state index contributed by atoms with van der Waals surface area (Å²) in [5.74, 6) is 0. The smallest absolute Gasteiger partial charge is 0.243 e. The Balaban J connectivity index is 1.72. The molecule has 0 aliphatic heterocycles. The minimum Gasteiger partial charge on any atom is -0.358 e. The molecule has 0 bridgehead atoms. The third-order valence-corrected chi connectivity index (χ3v) is 7.74. The monoisotopic (exact) mass is 346 g/mol. The zero-order valence-electron chi connectivity index (χ0n) is 14.3. The fraction of sp³-hybridized carbons (Fsp3) is 0.579. The van der Waals surface area contributed by atoms with Crippen molar-refractivity contribution < 1.29 is 8.42 Å². The van der Waals surface area contributed by atoms with Gasteiger partial charge in [-0.15, -0.1) is 0 Å². The lowest BCUT2D eigenvalue weighted by molar-refractivity contribution is 0.286. The Bertz CT molecular complexity index is 848. The van der Waals surface area contributed by atoms with E-state index in [-0.39, 0.29) is 6.04 Å². The molecular formula is C19H26N2O2S. The highest BCUT2D eigenvalue weighted by Gasteiger charge is 2.29. The molecule has 1 saturated carbocycles. The van der Waals surface area contributed by atoms with Crippen LogP contribution in [0.15, 0.2) is 23.1 Å². The molecule has 5 heteroatoms. The number of hydrogen-bond donors (Lipinski definition) is 1. The van der Waals surface area contributed by atoms with Crippen molar-refractivity contribution in [3.05, 3.63) is 29.5 Å². The van der Waals surface area contributed by atoms with Crippen LogP contribution in [0.1, 0.15) is 56.2 Å². The first-order chi connectivity index (χ1) is 11.6. The predicted molar refractivity (Wildman–Crippen MR) is 96.8 cm³/mol. The summed E-state index contributed by atoms with van der Waals surface area (Å²) >= 11 is 0. The van der Waals surface area contributed by atoms with Gasteiger partial charge >= 0.3 is 0 Å². The summed E-state index contributed by atoms with van der Waals surface area (Å²) in [7, 11) is -1.66. The van der Waals surface area contributed by atoms with E-state index < -0.39 is 10.0 Å². The number of aromatic amines is 1. The van der Waals surface area contributed by atoms with Gasteiger partial charge < -0.3 is 4.98 Å². The number of rotatable bonds is 3. The molecule has 1 fully saturated rings. The molecule has 1 aromatic carbocycles. The quantitative estimate of drug-likeness (QED) is 0.913. The fourth-order valence-corrected chi connectivity index (χ4v) is 5.80. The van der Waals surface area contributed by atoms with Crippen LogP contribution in [-0.2, 0) is 22.9 Å². The Morgan fingerprint density at radius 1 is 1.04 bits per heavy atom. The van der Waals surface area contributed by atoms with Crippen molar-refractivity contribution in [3.8, 4) is 0 Å². The Labute approximate surface area is 144 Å². The number of aromatic nitrogens is 1. The van der Waals surface area contributed by atoms with Gasteiger partial charge in [0, 0.05) is 29.7 Å². The molecule has 0 spiro atoms. The molecule has 0 unspecified atom stereocenters. The van der Waals surface area contributed by atoms with Gasteiger partial charge in [-0.25, -0.2) is 8.42 Å². The van der Waals surface area contributed by atoms with Crippen LogP contribution in [0, 0.1) is 0 Å². The topological polar surface area (TPSA) is 53.2 Å². The van der Waals surface area contributed by atoms with Crippen molar-refractivity contribution in [2.45, 2.75) is 68.7 Å². The molecule has 2 aliphatic rings. The van der Waals surface area contributed by atoms with Crippen molar-refractivity contribution >= 4 is 20.9 Å². The van der Waals surface area contributed by atoms with E-state index in [4.69, 9.17) is 0 Å². The van der Waals surface area contributed by atoms with Crippen molar-refractivity contribution in [2.24, 2.45) is 0 Å². The number of benzene rings is 1. The van der Waals surface area contributed by atoms with Crippen LogP contribution in [0.3, 0.4) is 0 Å². The van der Waals surface area contributed by atoms with Crippen LogP contribution >= 0.6 is 0 Å². The summed E-state index contributed by atoms with van der Waals surface area (Å²) in [4.78, 5) is 3.92. The summed E-state index contributed by atoms with van der Waals surface area (Å²) in [6.07, 6.45) is 10.0. The second-order valence-electron chi connectivity index (χ2n) is 7.31. The third kappa shape index (κ3) is 2.68. The molecule has 4 rings (SSSR count). The lowest BCUT2D eigenvalue weighted by atomic mass is 9.96. The van der Waals surface area contributed by atoms with Gasteiger partial charge in [0.2, 0.25) is 10.0 Å². The highest BCUT2D eigenvalue weighted by Crippen LogP contribution is 2.32.